The topological polar surface area (TPSA) is 240 Å². The Morgan fingerprint density at radius 2 is 0.878 bits per heavy atom. The molecule has 82 heavy (non-hydrogen) atoms. The van der Waals surface area contributed by atoms with E-state index in [9.17, 15) is 43.5 Å². The molecule has 4 aliphatic carbocycles. The maximum absolute atomic E-state index is 14.8. The van der Waals surface area contributed by atoms with Crippen LogP contribution >= 0.6 is 0 Å². The van der Waals surface area contributed by atoms with Gasteiger partial charge in [-0.25, -0.2) is 19.2 Å². The van der Waals surface area contributed by atoms with Gasteiger partial charge in [-0.15, -0.1) is 0 Å². The average Bonchev–Trinajstić information content (AvgIpc) is 4.33. The van der Waals surface area contributed by atoms with Crippen molar-refractivity contribution >= 4 is 58.9 Å². The number of carbonyl (C=O) groups is 8. The number of nitrogens with zero attached hydrogens (tertiary/aromatic N) is 5. The number of morpholine rings is 2. The van der Waals surface area contributed by atoms with Crippen molar-refractivity contribution in [1.82, 2.24) is 20.0 Å². The van der Waals surface area contributed by atoms with Crippen LogP contribution in [-0.2, 0) is 79.6 Å². The SMILES string of the molecule is CN[C@@H](CCC1CC1)C(=O)O[C@H](Cc1ccc(N2CCOCC2)cc1)C(=O)N(C)[C@@H](CC1CC1)C(=O)O[C@H](C)C(=O)N(C)[C@@H](CC1CC1)C(=O)O[C@H](Cc1ccc(N2CCOCC2)cc1)C(=O)N(C)[C@@H](CC1CC1)C(=O)O[C@H](C)C(=O)O. The minimum Gasteiger partial charge on any atom is -0.479 e. The highest BCUT2D eigenvalue weighted by Gasteiger charge is 2.44. The van der Waals surface area contributed by atoms with Crippen molar-refractivity contribution in [2.45, 2.75) is 159 Å². The first-order chi connectivity index (χ1) is 39.4. The lowest BCUT2D eigenvalue weighted by molar-refractivity contribution is -0.174. The molecule has 2 saturated heterocycles. The minimum absolute atomic E-state index is 0.0460. The third-order valence-corrected chi connectivity index (χ3v) is 17.0. The number of carboxylic acids is 1. The van der Waals surface area contributed by atoms with Crippen LogP contribution in [0, 0.1) is 23.7 Å². The smallest absolute Gasteiger partial charge is 0.344 e. The van der Waals surface area contributed by atoms with E-state index in [2.05, 4.69) is 15.1 Å². The molecule has 21 heteroatoms. The Morgan fingerprint density at radius 1 is 0.524 bits per heavy atom. The van der Waals surface area contributed by atoms with Gasteiger partial charge in [0.25, 0.3) is 17.7 Å². The number of rotatable bonds is 31. The molecule has 3 amide bonds. The Balaban J connectivity index is 0.977. The van der Waals surface area contributed by atoms with Crippen LogP contribution in [0.3, 0.4) is 0 Å². The number of esters is 4. The average molecular weight is 1140 g/mol. The van der Waals surface area contributed by atoms with E-state index in [-0.39, 0.29) is 49.9 Å². The number of nitrogens with one attached hydrogen (secondary N) is 1. The fraction of sp³-hybridized carbons (Fsp3) is 0.672. The van der Waals surface area contributed by atoms with E-state index < -0.39 is 96.2 Å². The zero-order valence-corrected chi connectivity index (χ0v) is 48.7. The molecular formula is C61H86N6O15. The van der Waals surface area contributed by atoms with Gasteiger partial charge < -0.3 is 63.3 Å². The Bertz CT molecular complexity index is 2520. The Labute approximate surface area is 481 Å². The van der Waals surface area contributed by atoms with E-state index >= 15 is 0 Å². The number of anilines is 2. The fourth-order valence-corrected chi connectivity index (χ4v) is 10.8. The molecule has 0 unspecified atom stereocenters. The predicted molar refractivity (Wildman–Crippen MR) is 301 cm³/mol. The summed E-state index contributed by atoms with van der Waals surface area (Å²) in [5.41, 5.74) is 3.36. The second-order valence-electron chi connectivity index (χ2n) is 23.6. The summed E-state index contributed by atoms with van der Waals surface area (Å²) in [7, 11) is 6.01. The highest BCUT2D eigenvalue weighted by molar-refractivity contribution is 5.93. The summed E-state index contributed by atoms with van der Waals surface area (Å²) in [4.78, 5) is 120. The Hall–Kier alpha value is -6.32. The molecule has 21 nitrogen and oxygen atoms in total. The number of aliphatic carboxylic acids is 1. The summed E-state index contributed by atoms with van der Waals surface area (Å²) >= 11 is 0. The molecule has 2 N–H and O–H groups in total. The van der Waals surface area contributed by atoms with Gasteiger partial charge in [-0.3, -0.25) is 19.2 Å². The molecular weight excluding hydrogens is 1060 g/mol. The lowest BCUT2D eigenvalue weighted by atomic mass is 10.0. The Kier molecular flexibility index (Phi) is 21.7. The second kappa shape index (κ2) is 28.8. The molecule has 2 aromatic rings. The molecule has 0 spiro atoms. The number of likely N-dealkylation sites (N-methyl/N-ethyl adjacent to an activating group) is 4. The van der Waals surface area contributed by atoms with Crippen molar-refractivity contribution < 1.29 is 71.9 Å². The van der Waals surface area contributed by atoms with E-state index in [1.165, 1.54) is 49.7 Å². The fourth-order valence-electron chi connectivity index (χ4n) is 10.8. The van der Waals surface area contributed by atoms with E-state index in [0.717, 1.165) is 87.8 Å². The maximum atomic E-state index is 14.8. The van der Waals surface area contributed by atoms with Gasteiger partial charge in [0.15, 0.2) is 24.4 Å². The Morgan fingerprint density at radius 3 is 1.24 bits per heavy atom. The van der Waals surface area contributed by atoms with Crippen molar-refractivity contribution in [3.63, 3.8) is 0 Å². The van der Waals surface area contributed by atoms with Gasteiger partial charge in [0.1, 0.15) is 24.2 Å². The first-order valence-electron chi connectivity index (χ1n) is 29.7. The molecule has 6 fully saturated rings. The van der Waals surface area contributed by atoms with Gasteiger partial charge in [0.2, 0.25) is 0 Å². The number of hydrogen-bond donors (Lipinski definition) is 2. The zero-order chi connectivity index (χ0) is 58.6. The highest BCUT2D eigenvalue weighted by atomic mass is 16.6. The van der Waals surface area contributed by atoms with Crippen molar-refractivity contribution in [2.24, 2.45) is 23.7 Å². The molecule has 6 aliphatic rings. The quantitative estimate of drug-likeness (QED) is 0.0776. The number of amides is 3. The van der Waals surface area contributed by atoms with Crippen LogP contribution in [0.5, 0.6) is 0 Å². The van der Waals surface area contributed by atoms with Crippen LogP contribution in [0.2, 0.25) is 0 Å². The van der Waals surface area contributed by atoms with Crippen LogP contribution < -0.4 is 15.1 Å². The van der Waals surface area contributed by atoms with Gasteiger partial charge in [-0.2, -0.15) is 0 Å². The molecule has 0 aromatic heterocycles. The van der Waals surface area contributed by atoms with Crippen LogP contribution in [0.1, 0.15) is 108 Å². The summed E-state index contributed by atoms with van der Waals surface area (Å²) in [6.45, 7) is 7.95. The summed E-state index contributed by atoms with van der Waals surface area (Å²) in [6, 6.07) is 11.1. The van der Waals surface area contributed by atoms with Crippen LogP contribution in [0.25, 0.3) is 0 Å². The van der Waals surface area contributed by atoms with E-state index in [1.54, 1.807) is 7.05 Å². The highest BCUT2D eigenvalue weighted by Crippen LogP contribution is 2.38. The lowest BCUT2D eigenvalue weighted by Gasteiger charge is -2.33. The third kappa shape index (κ3) is 17.6. The zero-order valence-electron chi connectivity index (χ0n) is 48.7. The molecule has 0 bridgehead atoms. The predicted octanol–water partition coefficient (Wildman–Crippen LogP) is 4.58. The van der Waals surface area contributed by atoms with E-state index in [4.69, 9.17) is 28.4 Å². The number of carbonyl (C=O) groups excluding carboxylic acids is 7. The van der Waals surface area contributed by atoms with Gasteiger partial charge in [0, 0.05) is 71.5 Å². The number of ether oxygens (including phenoxy) is 6. The summed E-state index contributed by atoms with van der Waals surface area (Å²) in [5.74, 6) is -5.67. The summed E-state index contributed by atoms with van der Waals surface area (Å²) < 4.78 is 34.6. The van der Waals surface area contributed by atoms with Gasteiger partial charge in [-0.05, 0) is 112 Å². The molecule has 8 rings (SSSR count). The third-order valence-electron chi connectivity index (χ3n) is 17.0. The van der Waals surface area contributed by atoms with Crippen LogP contribution in [-0.4, -0.2) is 197 Å². The van der Waals surface area contributed by atoms with E-state index in [1.807, 2.05) is 48.5 Å². The first kappa shape index (κ1) is 61.7. The first-order valence-corrected chi connectivity index (χ1v) is 29.7. The van der Waals surface area contributed by atoms with E-state index in [0.29, 0.717) is 57.4 Å². The number of hydrogen-bond acceptors (Lipinski definition) is 17. The largest absolute Gasteiger partial charge is 0.479 e. The number of carboxylic acid groups (broad SMARTS) is 1. The van der Waals surface area contributed by atoms with Crippen LogP contribution in [0.15, 0.2) is 48.5 Å². The van der Waals surface area contributed by atoms with Crippen molar-refractivity contribution in [3.8, 4) is 0 Å². The van der Waals surface area contributed by atoms with Crippen LogP contribution in [0.4, 0.5) is 11.4 Å². The molecule has 2 aromatic carbocycles. The van der Waals surface area contributed by atoms with Crippen molar-refractivity contribution in [3.05, 3.63) is 59.7 Å². The monoisotopic (exact) mass is 1140 g/mol. The molecule has 0 radical (unpaired) electrons. The molecule has 4 saturated carbocycles. The normalized spacial score (nSPS) is 20.1. The standard InChI is InChI=1S/C61H86N6O15/c1-38(79-59(74)49(33-41-9-10-41)64(5)55(69)52(81-58(73)48(62-3)24-19-40-7-8-40)36-44-15-20-46(21-16-44)66-25-29-77-30-26-66)54(68)63(4)51(35-43-13-14-43)61(76)82-53(37-45-17-22-47(23-18-45)67-27-31-78-32-28-67)56(70)65(6)50(34-42-11-12-42)60(75)80-39(2)57(71)72/h15-18,20-23,38-43,48-53,62H,7-14,19,24-37H2,1-6H3,(H,71,72)/t38-,39-,48+,49+,50+,51+,52-,53-/m1/s1. The van der Waals surface area contributed by atoms with Crippen molar-refractivity contribution in [1.29, 1.82) is 0 Å². The maximum Gasteiger partial charge on any atom is 0.344 e. The van der Waals surface area contributed by atoms with Crippen molar-refractivity contribution in [2.75, 3.05) is 90.6 Å². The van der Waals surface area contributed by atoms with Gasteiger partial charge >= 0.3 is 29.8 Å². The number of benzene rings is 2. The molecule has 2 aliphatic heterocycles. The molecule has 8 atom stereocenters. The lowest BCUT2D eigenvalue weighted by Crippen LogP contribution is -2.53. The summed E-state index contributed by atoms with van der Waals surface area (Å²) in [5, 5.41) is 12.6. The molecule has 450 valence electrons. The van der Waals surface area contributed by atoms with Gasteiger partial charge in [-0.1, -0.05) is 75.6 Å². The van der Waals surface area contributed by atoms with Gasteiger partial charge in [0.05, 0.1) is 26.4 Å². The minimum atomic E-state index is -1.49. The summed E-state index contributed by atoms with van der Waals surface area (Å²) in [6.07, 6.45) is 3.51. The molecule has 2 heterocycles. The second-order valence-corrected chi connectivity index (χ2v) is 23.6.